The first kappa shape index (κ1) is 14.1. The molecule has 2 aromatic rings. The quantitative estimate of drug-likeness (QED) is 0.456. The van der Waals surface area contributed by atoms with Crippen LogP contribution in [-0.2, 0) is 10.1 Å². The molecule has 0 heterocycles. The van der Waals surface area contributed by atoms with Crippen molar-refractivity contribution in [2.75, 3.05) is 11.5 Å². The van der Waals surface area contributed by atoms with Crippen molar-refractivity contribution >= 4 is 32.5 Å². The van der Waals surface area contributed by atoms with E-state index >= 15 is 0 Å². The molecule has 0 spiro atoms. The third kappa shape index (κ3) is 3.37. The van der Waals surface area contributed by atoms with E-state index in [2.05, 4.69) is 0 Å². The van der Waals surface area contributed by atoms with E-state index in [1.807, 2.05) is 0 Å². The maximum atomic E-state index is 11.5. The van der Waals surface area contributed by atoms with Crippen molar-refractivity contribution in [1.82, 2.24) is 0 Å². The third-order valence-corrected chi connectivity index (χ3v) is 3.62. The average molecular weight is 290 g/mol. The topological polar surface area (TPSA) is 106 Å². The molecule has 0 saturated carbocycles. The van der Waals surface area contributed by atoms with Crippen LogP contribution in [0.3, 0.4) is 0 Å². The Hall–Kier alpha value is -2.31. The van der Waals surface area contributed by atoms with Gasteiger partial charge in [-0.2, -0.15) is 8.42 Å². The second-order valence-corrected chi connectivity index (χ2v) is 5.66. The van der Waals surface area contributed by atoms with Crippen LogP contribution in [0, 0.1) is 0 Å². The van der Waals surface area contributed by atoms with E-state index in [0.29, 0.717) is 22.5 Å². The lowest BCUT2D eigenvalue weighted by molar-refractivity contribution is 0.496. The molecule has 0 saturated heterocycles. The van der Waals surface area contributed by atoms with Gasteiger partial charge in [0.25, 0.3) is 10.1 Å². The summed E-state index contributed by atoms with van der Waals surface area (Å²) in [6, 6.07) is 12.8. The van der Waals surface area contributed by atoms with Crippen LogP contribution in [0.5, 0.6) is 0 Å². The Kier molecular flexibility index (Phi) is 3.78. The van der Waals surface area contributed by atoms with Crippen molar-refractivity contribution in [3.05, 3.63) is 59.7 Å². The molecule has 6 heteroatoms. The molecule has 20 heavy (non-hydrogen) atoms. The molecule has 5 N–H and O–H groups in total. The van der Waals surface area contributed by atoms with E-state index in [4.69, 9.17) is 11.5 Å². The highest BCUT2D eigenvalue weighted by atomic mass is 32.2. The minimum absolute atomic E-state index is 0.192. The lowest BCUT2D eigenvalue weighted by Gasteiger charge is -2.05. The molecule has 0 amide bonds. The maximum absolute atomic E-state index is 11.5. The van der Waals surface area contributed by atoms with Gasteiger partial charge in [0.1, 0.15) is 4.91 Å². The zero-order valence-electron chi connectivity index (χ0n) is 10.5. The predicted octanol–water partition coefficient (Wildman–Crippen LogP) is 2.24. The van der Waals surface area contributed by atoms with Gasteiger partial charge in [0.15, 0.2) is 0 Å². The normalized spacial score (nSPS) is 12.3. The SMILES string of the molecule is Nc1ccc(C=C(c2ccc(N)cc2)S(=O)(=O)O)cc1. The van der Waals surface area contributed by atoms with Crippen molar-refractivity contribution in [3.63, 3.8) is 0 Å². The first-order chi connectivity index (χ1) is 9.36. The van der Waals surface area contributed by atoms with Gasteiger partial charge in [0.05, 0.1) is 0 Å². The van der Waals surface area contributed by atoms with E-state index in [-0.39, 0.29) is 4.91 Å². The highest BCUT2D eigenvalue weighted by Gasteiger charge is 2.16. The van der Waals surface area contributed by atoms with Gasteiger partial charge in [-0.3, -0.25) is 4.55 Å². The van der Waals surface area contributed by atoms with E-state index in [0.717, 1.165) is 0 Å². The Bertz CT molecular complexity index is 733. The summed E-state index contributed by atoms with van der Waals surface area (Å²) < 4.78 is 32.4. The Balaban J connectivity index is 2.54. The van der Waals surface area contributed by atoms with E-state index in [1.165, 1.54) is 18.2 Å². The Morgan fingerprint density at radius 2 is 1.35 bits per heavy atom. The summed E-state index contributed by atoms with van der Waals surface area (Å²) in [6.45, 7) is 0. The molecule has 0 radical (unpaired) electrons. The first-order valence-electron chi connectivity index (χ1n) is 5.77. The molecule has 0 aliphatic rings. The largest absolute Gasteiger partial charge is 0.399 e. The summed E-state index contributed by atoms with van der Waals surface area (Å²) in [5, 5.41) is 0. The molecule has 0 bridgehead atoms. The van der Waals surface area contributed by atoms with Gasteiger partial charge in [-0.05, 0) is 41.5 Å². The van der Waals surface area contributed by atoms with Crippen LogP contribution in [-0.4, -0.2) is 13.0 Å². The molecule has 0 aliphatic carbocycles. The van der Waals surface area contributed by atoms with Crippen LogP contribution >= 0.6 is 0 Å². The molecular weight excluding hydrogens is 276 g/mol. The van der Waals surface area contributed by atoms with E-state index < -0.39 is 10.1 Å². The standard InChI is InChI=1S/C14H14N2O3S/c15-12-5-1-10(2-6-12)9-14(20(17,18)19)11-3-7-13(16)8-4-11/h1-9H,15-16H2,(H,17,18,19). The predicted molar refractivity (Wildman–Crippen MR) is 81.1 cm³/mol. The van der Waals surface area contributed by atoms with E-state index in [9.17, 15) is 13.0 Å². The lowest BCUT2D eigenvalue weighted by Crippen LogP contribution is -2.01. The van der Waals surface area contributed by atoms with Crippen LogP contribution in [0.4, 0.5) is 11.4 Å². The Morgan fingerprint density at radius 1 is 0.900 bits per heavy atom. The molecule has 2 aromatic carbocycles. The molecule has 0 fully saturated rings. The summed E-state index contributed by atoms with van der Waals surface area (Å²) in [4.78, 5) is -0.192. The van der Waals surface area contributed by atoms with Gasteiger partial charge in [-0.25, -0.2) is 0 Å². The van der Waals surface area contributed by atoms with Crippen LogP contribution in [0.1, 0.15) is 11.1 Å². The molecule has 2 rings (SSSR count). The molecule has 0 aromatic heterocycles. The summed E-state index contributed by atoms with van der Waals surface area (Å²) in [7, 11) is -4.35. The van der Waals surface area contributed by atoms with Gasteiger partial charge in [0, 0.05) is 11.4 Å². The van der Waals surface area contributed by atoms with Crippen molar-refractivity contribution in [3.8, 4) is 0 Å². The zero-order valence-corrected chi connectivity index (χ0v) is 11.3. The summed E-state index contributed by atoms with van der Waals surface area (Å²) in [5.74, 6) is 0. The van der Waals surface area contributed by atoms with Gasteiger partial charge >= 0.3 is 0 Å². The third-order valence-electron chi connectivity index (χ3n) is 2.71. The minimum atomic E-state index is -4.35. The lowest BCUT2D eigenvalue weighted by atomic mass is 10.1. The maximum Gasteiger partial charge on any atom is 0.295 e. The molecule has 104 valence electrons. The summed E-state index contributed by atoms with van der Waals surface area (Å²) >= 11 is 0. The van der Waals surface area contributed by atoms with E-state index in [1.54, 1.807) is 36.4 Å². The molecule has 5 nitrogen and oxygen atoms in total. The van der Waals surface area contributed by atoms with Crippen LogP contribution in [0.2, 0.25) is 0 Å². The Labute approximate surface area is 117 Å². The average Bonchev–Trinajstić information content (AvgIpc) is 2.38. The molecule has 0 atom stereocenters. The highest BCUT2D eigenvalue weighted by Crippen LogP contribution is 2.24. The van der Waals surface area contributed by atoms with Gasteiger partial charge in [-0.15, -0.1) is 0 Å². The first-order valence-corrected chi connectivity index (χ1v) is 7.21. The number of hydrogen-bond donors (Lipinski definition) is 3. The monoisotopic (exact) mass is 290 g/mol. The fraction of sp³-hybridized carbons (Fsp3) is 0. The number of benzene rings is 2. The van der Waals surface area contributed by atoms with Crippen LogP contribution in [0.25, 0.3) is 11.0 Å². The van der Waals surface area contributed by atoms with Crippen molar-refractivity contribution < 1.29 is 13.0 Å². The zero-order chi connectivity index (χ0) is 14.8. The van der Waals surface area contributed by atoms with Gasteiger partial charge < -0.3 is 11.5 Å². The summed E-state index contributed by atoms with van der Waals surface area (Å²) in [5.41, 5.74) is 13.2. The fourth-order valence-electron chi connectivity index (χ4n) is 1.70. The summed E-state index contributed by atoms with van der Waals surface area (Å²) in [6.07, 6.45) is 1.38. The highest BCUT2D eigenvalue weighted by molar-refractivity contribution is 7.95. The van der Waals surface area contributed by atoms with Gasteiger partial charge in [0.2, 0.25) is 0 Å². The van der Waals surface area contributed by atoms with Crippen molar-refractivity contribution in [1.29, 1.82) is 0 Å². The van der Waals surface area contributed by atoms with Crippen molar-refractivity contribution in [2.24, 2.45) is 0 Å². The number of rotatable bonds is 3. The number of nitrogens with two attached hydrogens (primary N) is 2. The van der Waals surface area contributed by atoms with Crippen molar-refractivity contribution in [2.45, 2.75) is 0 Å². The minimum Gasteiger partial charge on any atom is -0.399 e. The molecule has 0 unspecified atom stereocenters. The smallest absolute Gasteiger partial charge is 0.295 e. The molecular formula is C14H14N2O3S. The fourth-order valence-corrected chi connectivity index (χ4v) is 2.42. The molecule has 0 aliphatic heterocycles. The second kappa shape index (κ2) is 5.36. The number of hydrogen-bond acceptors (Lipinski definition) is 4. The van der Waals surface area contributed by atoms with Crippen LogP contribution in [0.15, 0.2) is 48.5 Å². The number of nitrogen functional groups attached to an aromatic ring is 2. The second-order valence-electron chi connectivity index (χ2n) is 4.27. The van der Waals surface area contributed by atoms with Gasteiger partial charge in [-0.1, -0.05) is 24.3 Å². The Morgan fingerprint density at radius 3 is 1.80 bits per heavy atom. The number of anilines is 2. The van der Waals surface area contributed by atoms with Crippen LogP contribution < -0.4 is 11.5 Å².